The van der Waals surface area contributed by atoms with Gasteiger partial charge in [-0.15, -0.1) is 0 Å². The summed E-state index contributed by atoms with van der Waals surface area (Å²) in [7, 11) is 3.70. The molecule has 1 aromatic heterocycles. The second-order valence-corrected chi connectivity index (χ2v) is 5.50. The van der Waals surface area contributed by atoms with Crippen molar-refractivity contribution >= 4 is 5.91 Å². The predicted octanol–water partition coefficient (Wildman–Crippen LogP) is 1.19. The van der Waals surface area contributed by atoms with Crippen LogP contribution in [0, 0.1) is 12.8 Å². The lowest BCUT2D eigenvalue weighted by atomic mass is 9.94. The molecule has 1 aromatic rings. The van der Waals surface area contributed by atoms with Crippen LogP contribution < -0.4 is 5.32 Å². The van der Waals surface area contributed by atoms with Crippen molar-refractivity contribution in [2.75, 3.05) is 26.7 Å². The van der Waals surface area contributed by atoms with Gasteiger partial charge in [0, 0.05) is 20.6 Å². The van der Waals surface area contributed by atoms with Gasteiger partial charge in [0.25, 0.3) is 5.91 Å². The van der Waals surface area contributed by atoms with Crippen LogP contribution in [-0.2, 0) is 7.05 Å². The zero-order chi connectivity index (χ0) is 13.8. The Kier molecular flexibility index (Phi) is 4.58. The van der Waals surface area contributed by atoms with E-state index in [9.17, 15) is 4.79 Å². The summed E-state index contributed by atoms with van der Waals surface area (Å²) >= 11 is 0. The molecule has 1 saturated heterocycles. The summed E-state index contributed by atoms with van der Waals surface area (Å²) in [5.41, 5.74) is 1.56. The number of nitrogens with one attached hydrogen (secondary N) is 1. The van der Waals surface area contributed by atoms with Crippen LogP contribution >= 0.6 is 0 Å². The van der Waals surface area contributed by atoms with Crippen molar-refractivity contribution < 1.29 is 4.79 Å². The van der Waals surface area contributed by atoms with Crippen LogP contribution in [-0.4, -0.2) is 47.3 Å². The van der Waals surface area contributed by atoms with Crippen molar-refractivity contribution in [1.29, 1.82) is 0 Å². The fourth-order valence-corrected chi connectivity index (χ4v) is 2.65. The maximum absolute atomic E-state index is 12.3. The molecule has 2 heterocycles. The number of aromatic nitrogens is 2. The van der Waals surface area contributed by atoms with E-state index in [2.05, 4.69) is 10.4 Å². The SMILES string of the molecule is Cc1cc(C(=O)N(C)CCC2CCNCC2)n(C)n1. The molecule has 5 nitrogen and oxygen atoms in total. The molecule has 1 fully saturated rings. The minimum Gasteiger partial charge on any atom is -0.340 e. The summed E-state index contributed by atoms with van der Waals surface area (Å²) in [4.78, 5) is 14.1. The molecule has 0 unspecified atom stereocenters. The average Bonchev–Trinajstić information content (AvgIpc) is 2.75. The molecular weight excluding hydrogens is 240 g/mol. The molecule has 0 atom stereocenters. The number of rotatable bonds is 4. The highest BCUT2D eigenvalue weighted by Crippen LogP contribution is 2.16. The van der Waals surface area contributed by atoms with Crippen molar-refractivity contribution in [3.63, 3.8) is 0 Å². The summed E-state index contributed by atoms with van der Waals surface area (Å²) in [5, 5.41) is 7.59. The highest BCUT2D eigenvalue weighted by molar-refractivity contribution is 5.92. The van der Waals surface area contributed by atoms with E-state index in [0.29, 0.717) is 5.69 Å². The zero-order valence-electron chi connectivity index (χ0n) is 12.1. The minimum absolute atomic E-state index is 0.0667. The molecule has 0 saturated carbocycles. The third-order valence-corrected chi connectivity index (χ3v) is 3.90. The molecule has 0 aliphatic carbocycles. The molecular formula is C14H24N4O. The van der Waals surface area contributed by atoms with Gasteiger partial charge in [0.2, 0.25) is 0 Å². The molecule has 106 valence electrons. The van der Waals surface area contributed by atoms with Crippen LogP contribution in [0.25, 0.3) is 0 Å². The first-order valence-electron chi connectivity index (χ1n) is 7.04. The van der Waals surface area contributed by atoms with Gasteiger partial charge in [-0.25, -0.2) is 0 Å². The van der Waals surface area contributed by atoms with E-state index in [1.165, 1.54) is 12.8 Å². The molecule has 0 radical (unpaired) electrons. The van der Waals surface area contributed by atoms with E-state index >= 15 is 0 Å². The van der Waals surface area contributed by atoms with Crippen molar-refractivity contribution in [1.82, 2.24) is 20.0 Å². The fraction of sp³-hybridized carbons (Fsp3) is 0.714. The monoisotopic (exact) mass is 264 g/mol. The molecule has 1 N–H and O–H groups in total. The number of nitrogens with zero attached hydrogens (tertiary/aromatic N) is 3. The van der Waals surface area contributed by atoms with E-state index in [1.807, 2.05) is 32.0 Å². The topological polar surface area (TPSA) is 50.2 Å². The molecule has 1 aliphatic heterocycles. The Labute approximate surface area is 115 Å². The lowest BCUT2D eigenvalue weighted by Gasteiger charge is -2.25. The Hall–Kier alpha value is -1.36. The molecule has 1 aliphatic rings. The van der Waals surface area contributed by atoms with Gasteiger partial charge < -0.3 is 10.2 Å². The van der Waals surface area contributed by atoms with E-state index in [-0.39, 0.29) is 5.91 Å². The number of carbonyl (C=O) groups excluding carboxylic acids is 1. The number of aryl methyl sites for hydroxylation is 2. The van der Waals surface area contributed by atoms with Crippen LogP contribution in [0.3, 0.4) is 0 Å². The van der Waals surface area contributed by atoms with Crippen LogP contribution in [0.5, 0.6) is 0 Å². The molecule has 5 heteroatoms. The van der Waals surface area contributed by atoms with Crippen molar-refractivity contribution in [3.05, 3.63) is 17.5 Å². The van der Waals surface area contributed by atoms with Crippen molar-refractivity contribution in [3.8, 4) is 0 Å². The first kappa shape index (κ1) is 14.1. The maximum atomic E-state index is 12.3. The van der Waals surface area contributed by atoms with Crippen LogP contribution in [0.15, 0.2) is 6.07 Å². The Morgan fingerprint density at radius 1 is 1.53 bits per heavy atom. The zero-order valence-corrected chi connectivity index (χ0v) is 12.1. The first-order chi connectivity index (χ1) is 9.08. The summed E-state index contributed by atoms with van der Waals surface area (Å²) in [6.45, 7) is 4.96. The van der Waals surface area contributed by atoms with E-state index in [4.69, 9.17) is 0 Å². The quantitative estimate of drug-likeness (QED) is 0.888. The highest BCUT2D eigenvalue weighted by Gasteiger charge is 2.18. The number of amides is 1. The first-order valence-corrected chi connectivity index (χ1v) is 7.04. The summed E-state index contributed by atoms with van der Waals surface area (Å²) in [5.74, 6) is 0.821. The number of hydrogen-bond donors (Lipinski definition) is 1. The third kappa shape index (κ3) is 3.56. The van der Waals surface area contributed by atoms with Crippen LogP contribution in [0.2, 0.25) is 0 Å². The van der Waals surface area contributed by atoms with Crippen molar-refractivity contribution in [2.45, 2.75) is 26.2 Å². The fourth-order valence-electron chi connectivity index (χ4n) is 2.65. The second-order valence-electron chi connectivity index (χ2n) is 5.50. The van der Waals surface area contributed by atoms with E-state index in [0.717, 1.165) is 37.7 Å². The Bertz CT molecular complexity index is 435. The van der Waals surface area contributed by atoms with Gasteiger partial charge >= 0.3 is 0 Å². The molecule has 0 aromatic carbocycles. The van der Waals surface area contributed by atoms with Crippen molar-refractivity contribution in [2.24, 2.45) is 13.0 Å². The normalized spacial score (nSPS) is 16.6. The smallest absolute Gasteiger partial charge is 0.271 e. The molecule has 0 spiro atoms. The number of hydrogen-bond acceptors (Lipinski definition) is 3. The van der Waals surface area contributed by atoms with Gasteiger partial charge in [-0.2, -0.15) is 5.10 Å². The van der Waals surface area contributed by atoms with Gasteiger partial charge in [0.15, 0.2) is 0 Å². The summed E-state index contributed by atoms with van der Waals surface area (Å²) in [6.07, 6.45) is 3.56. The number of piperidine rings is 1. The van der Waals surface area contributed by atoms with Crippen LogP contribution in [0.4, 0.5) is 0 Å². The van der Waals surface area contributed by atoms with E-state index < -0.39 is 0 Å². The summed E-state index contributed by atoms with van der Waals surface area (Å²) in [6, 6.07) is 1.85. The second kappa shape index (κ2) is 6.19. The predicted molar refractivity (Wildman–Crippen MR) is 75.1 cm³/mol. The summed E-state index contributed by atoms with van der Waals surface area (Å²) < 4.78 is 1.67. The lowest BCUT2D eigenvalue weighted by molar-refractivity contribution is 0.0773. The lowest BCUT2D eigenvalue weighted by Crippen LogP contribution is -2.33. The molecule has 0 bridgehead atoms. The number of carbonyl (C=O) groups is 1. The largest absolute Gasteiger partial charge is 0.340 e. The average molecular weight is 264 g/mol. The Balaban J connectivity index is 1.86. The molecule has 19 heavy (non-hydrogen) atoms. The van der Waals surface area contributed by atoms with Crippen LogP contribution in [0.1, 0.15) is 35.4 Å². The maximum Gasteiger partial charge on any atom is 0.271 e. The third-order valence-electron chi connectivity index (χ3n) is 3.90. The van der Waals surface area contributed by atoms with Gasteiger partial charge in [0.1, 0.15) is 5.69 Å². The van der Waals surface area contributed by atoms with Gasteiger partial charge in [0.05, 0.1) is 5.69 Å². The van der Waals surface area contributed by atoms with Gasteiger partial charge in [-0.3, -0.25) is 9.48 Å². The van der Waals surface area contributed by atoms with Gasteiger partial charge in [-0.05, 0) is 51.3 Å². The highest BCUT2D eigenvalue weighted by atomic mass is 16.2. The molecule has 2 rings (SSSR count). The Morgan fingerprint density at radius 2 is 2.21 bits per heavy atom. The Morgan fingerprint density at radius 3 is 2.79 bits per heavy atom. The standard InChI is InChI=1S/C14H24N4O/c1-11-10-13(18(3)16-11)14(19)17(2)9-6-12-4-7-15-8-5-12/h10,12,15H,4-9H2,1-3H3. The van der Waals surface area contributed by atoms with E-state index in [1.54, 1.807) is 4.68 Å². The minimum atomic E-state index is 0.0667. The van der Waals surface area contributed by atoms with Gasteiger partial charge in [-0.1, -0.05) is 0 Å². The molecule has 1 amide bonds.